The second-order valence-electron chi connectivity index (χ2n) is 5.22. The average Bonchev–Trinajstić information content (AvgIpc) is 3.06. The van der Waals surface area contributed by atoms with Crippen LogP contribution in [-0.2, 0) is 0 Å². The van der Waals surface area contributed by atoms with Gasteiger partial charge in [0.2, 0.25) is 4.77 Å². The molecule has 0 spiro atoms. The van der Waals surface area contributed by atoms with Crippen LogP contribution in [-0.4, -0.2) is 42.4 Å². The van der Waals surface area contributed by atoms with Gasteiger partial charge in [0.15, 0.2) is 17.3 Å². The normalized spacial score (nSPS) is 10.9. The van der Waals surface area contributed by atoms with Crippen molar-refractivity contribution in [2.45, 2.75) is 0 Å². The van der Waals surface area contributed by atoms with E-state index in [0.29, 0.717) is 22.1 Å². The maximum Gasteiger partial charge on any atom is 0.216 e. The van der Waals surface area contributed by atoms with E-state index in [0.717, 1.165) is 16.9 Å². The molecule has 0 saturated carbocycles. The summed E-state index contributed by atoms with van der Waals surface area (Å²) >= 11 is 5.30. The number of hydrogen-bond acceptors (Lipinski definition) is 6. The molecule has 0 radical (unpaired) electrons. The van der Waals surface area contributed by atoms with Crippen LogP contribution < -0.4 is 14.2 Å². The van der Waals surface area contributed by atoms with Crippen molar-refractivity contribution in [1.82, 2.24) is 14.9 Å². The molecule has 26 heavy (non-hydrogen) atoms. The van der Waals surface area contributed by atoms with Crippen molar-refractivity contribution in [3.8, 4) is 28.6 Å². The lowest BCUT2D eigenvalue weighted by Gasteiger charge is -2.09. The van der Waals surface area contributed by atoms with Crippen molar-refractivity contribution in [1.29, 1.82) is 0 Å². The molecular weight excluding hydrogens is 352 g/mol. The van der Waals surface area contributed by atoms with Gasteiger partial charge in [-0.25, -0.2) is 5.10 Å². The van der Waals surface area contributed by atoms with E-state index in [-0.39, 0.29) is 0 Å². The predicted octanol–water partition coefficient (Wildman–Crippen LogP) is 3.52. The third kappa shape index (κ3) is 3.45. The van der Waals surface area contributed by atoms with E-state index in [1.54, 1.807) is 38.3 Å². The van der Waals surface area contributed by atoms with Gasteiger partial charge in [-0.1, -0.05) is 12.1 Å². The molecule has 8 heteroatoms. The number of rotatable bonds is 6. The molecule has 1 N–H and O–H groups in total. The first-order valence-electron chi connectivity index (χ1n) is 7.75. The zero-order valence-corrected chi connectivity index (χ0v) is 15.4. The quantitative estimate of drug-likeness (QED) is 0.531. The molecule has 7 nitrogen and oxygen atoms in total. The maximum atomic E-state index is 5.35. The number of para-hydroxylation sites is 1. The number of aromatic amines is 1. The Morgan fingerprint density at radius 2 is 1.73 bits per heavy atom. The largest absolute Gasteiger partial charge is 0.496 e. The smallest absolute Gasteiger partial charge is 0.216 e. The molecule has 0 aliphatic heterocycles. The fourth-order valence-electron chi connectivity index (χ4n) is 2.45. The summed E-state index contributed by atoms with van der Waals surface area (Å²) in [5.74, 6) is 2.51. The molecule has 0 amide bonds. The molecule has 2 aromatic carbocycles. The van der Waals surface area contributed by atoms with Gasteiger partial charge in [-0.2, -0.15) is 14.9 Å². The van der Waals surface area contributed by atoms with Gasteiger partial charge >= 0.3 is 0 Å². The number of nitrogens with zero attached hydrogens (tertiary/aromatic N) is 3. The van der Waals surface area contributed by atoms with E-state index in [2.05, 4.69) is 15.3 Å². The zero-order valence-electron chi connectivity index (χ0n) is 14.6. The summed E-state index contributed by atoms with van der Waals surface area (Å²) in [5, 5.41) is 11.5. The Bertz CT molecular complexity index is 994. The van der Waals surface area contributed by atoms with Gasteiger partial charge < -0.3 is 14.2 Å². The minimum atomic E-state index is 0.376. The lowest BCUT2D eigenvalue weighted by molar-refractivity contribution is 0.355. The minimum absolute atomic E-state index is 0.376. The van der Waals surface area contributed by atoms with E-state index in [1.165, 1.54) is 0 Å². The topological polar surface area (TPSA) is 73.7 Å². The maximum absolute atomic E-state index is 5.35. The number of methoxy groups -OCH3 is 3. The van der Waals surface area contributed by atoms with Gasteiger partial charge in [-0.05, 0) is 42.5 Å². The van der Waals surface area contributed by atoms with Gasteiger partial charge in [0.05, 0.1) is 27.5 Å². The van der Waals surface area contributed by atoms with Gasteiger partial charge in [-0.3, -0.25) is 0 Å². The summed E-state index contributed by atoms with van der Waals surface area (Å²) in [6, 6.07) is 13.1. The van der Waals surface area contributed by atoms with Crippen molar-refractivity contribution in [2.24, 2.45) is 5.10 Å². The molecule has 1 heterocycles. The number of hydrogen-bond donors (Lipinski definition) is 1. The van der Waals surface area contributed by atoms with Crippen LogP contribution in [0.4, 0.5) is 0 Å². The van der Waals surface area contributed by atoms with Crippen molar-refractivity contribution in [2.75, 3.05) is 21.3 Å². The van der Waals surface area contributed by atoms with Gasteiger partial charge in [0.1, 0.15) is 5.75 Å². The van der Waals surface area contributed by atoms with Crippen LogP contribution in [0.1, 0.15) is 5.56 Å². The molecule has 1 aromatic heterocycles. The standard InChI is InChI=1S/C18H18N4O3S/c1-23-14-7-5-4-6-13(14)11-19-22-17(20-21-18(22)26)12-8-9-15(24-2)16(10-12)25-3/h4-11H,1-3H3,(H,21,26)/b19-11+. The molecule has 0 aliphatic carbocycles. The highest BCUT2D eigenvalue weighted by Gasteiger charge is 2.12. The Hall–Kier alpha value is -3.13. The molecule has 3 aromatic rings. The van der Waals surface area contributed by atoms with Crippen LogP contribution in [0.15, 0.2) is 47.6 Å². The SMILES string of the molecule is COc1ccccc1/C=N/n1c(-c2ccc(OC)c(OC)c2)n[nH]c1=S. The average molecular weight is 370 g/mol. The summed E-state index contributed by atoms with van der Waals surface area (Å²) in [5.41, 5.74) is 1.61. The van der Waals surface area contributed by atoms with E-state index < -0.39 is 0 Å². The van der Waals surface area contributed by atoms with E-state index in [1.807, 2.05) is 36.4 Å². The van der Waals surface area contributed by atoms with Crippen molar-refractivity contribution in [3.63, 3.8) is 0 Å². The zero-order chi connectivity index (χ0) is 18.5. The highest BCUT2D eigenvalue weighted by molar-refractivity contribution is 7.71. The summed E-state index contributed by atoms with van der Waals surface area (Å²) in [6.07, 6.45) is 1.68. The Balaban J connectivity index is 2.02. The van der Waals surface area contributed by atoms with Gasteiger partial charge in [0, 0.05) is 11.1 Å². The highest BCUT2D eigenvalue weighted by Crippen LogP contribution is 2.31. The second kappa shape index (κ2) is 7.83. The fourth-order valence-corrected chi connectivity index (χ4v) is 2.63. The van der Waals surface area contributed by atoms with Gasteiger partial charge in [0.25, 0.3) is 0 Å². The van der Waals surface area contributed by atoms with Crippen LogP contribution in [0.5, 0.6) is 17.2 Å². The van der Waals surface area contributed by atoms with Crippen molar-refractivity contribution in [3.05, 3.63) is 52.8 Å². The van der Waals surface area contributed by atoms with Crippen LogP contribution in [0.2, 0.25) is 0 Å². The molecular formula is C18H18N4O3S. The summed E-state index contributed by atoms with van der Waals surface area (Å²) in [4.78, 5) is 0. The van der Waals surface area contributed by atoms with Crippen molar-refractivity contribution < 1.29 is 14.2 Å². The number of nitrogens with one attached hydrogen (secondary N) is 1. The fraction of sp³-hybridized carbons (Fsp3) is 0.167. The molecule has 0 unspecified atom stereocenters. The summed E-state index contributed by atoms with van der Waals surface area (Å²) in [6.45, 7) is 0. The lowest BCUT2D eigenvalue weighted by Crippen LogP contribution is -1.97. The van der Waals surface area contributed by atoms with Crippen LogP contribution >= 0.6 is 12.2 Å². The number of aromatic nitrogens is 3. The van der Waals surface area contributed by atoms with Crippen LogP contribution in [0, 0.1) is 4.77 Å². The lowest BCUT2D eigenvalue weighted by atomic mass is 10.2. The molecule has 134 valence electrons. The Labute approximate surface area is 155 Å². The third-order valence-electron chi connectivity index (χ3n) is 3.74. The monoisotopic (exact) mass is 370 g/mol. The van der Waals surface area contributed by atoms with E-state index in [9.17, 15) is 0 Å². The molecule has 0 fully saturated rings. The summed E-state index contributed by atoms with van der Waals surface area (Å²) < 4.78 is 17.9. The first kappa shape index (κ1) is 17.7. The van der Waals surface area contributed by atoms with Crippen molar-refractivity contribution >= 4 is 18.4 Å². The first-order valence-corrected chi connectivity index (χ1v) is 8.16. The predicted molar refractivity (Wildman–Crippen MR) is 102 cm³/mol. The van der Waals surface area contributed by atoms with E-state index in [4.69, 9.17) is 26.4 Å². The number of ether oxygens (including phenoxy) is 3. The Morgan fingerprint density at radius 1 is 1.00 bits per heavy atom. The minimum Gasteiger partial charge on any atom is -0.496 e. The highest BCUT2D eigenvalue weighted by atomic mass is 32.1. The van der Waals surface area contributed by atoms with Crippen LogP contribution in [0.25, 0.3) is 11.4 Å². The van der Waals surface area contributed by atoms with Crippen LogP contribution in [0.3, 0.4) is 0 Å². The number of benzene rings is 2. The molecule has 0 atom stereocenters. The van der Waals surface area contributed by atoms with E-state index >= 15 is 0 Å². The van der Waals surface area contributed by atoms with Gasteiger partial charge in [-0.15, -0.1) is 0 Å². The Morgan fingerprint density at radius 3 is 2.46 bits per heavy atom. The molecule has 0 bridgehead atoms. The third-order valence-corrected chi connectivity index (χ3v) is 4.01. The second-order valence-corrected chi connectivity index (χ2v) is 5.61. The Kier molecular flexibility index (Phi) is 5.33. The molecule has 0 aliphatic rings. The number of H-pyrrole nitrogens is 1. The first-order chi connectivity index (χ1) is 12.7. The molecule has 0 saturated heterocycles. The summed E-state index contributed by atoms with van der Waals surface area (Å²) in [7, 11) is 4.79. The molecule has 3 rings (SSSR count).